The summed E-state index contributed by atoms with van der Waals surface area (Å²) in [6.45, 7) is 7.42. The Morgan fingerprint density at radius 2 is 1.86 bits per heavy atom. The van der Waals surface area contributed by atoms with Gasteiger partial charge in [0, 0.05) is 26.9 Å². The minimum Gasteiger partial charge on any atom is -0.491 e. The van der Waals surface area contributed by atoms with Crippen molar-refractivity contribution >= 4 is 15.9 Å². The van der Waals surface area contributed by atoms with Crippen LogP contribution in [0.1, 0.15) is 38.2 Å². The second-order valence-electron chi connectivity index (χ2n) is 8.74. The van der Waals surface area contributed by atoms with Gasteiger partial charge in [-0.05, 0) is 69.7 Å². The largest absolute Gasteiger partial charge is 0.491 e. The highest BCUT2D eigenvalue weighted by Crippen LogP contribution is 2.32. The Kier molecular flexibility index (Phi) is 7.30. The van der Waals surface area contributed by atoms with E-state index in [9.17, 15) is 17.6 Å². The van der Waals surface area contributed by atoms with E-state index >= 15 is 0 Å². The van der Waals surface area contributed by atoms with E-state index in [-0.39, 0.29) is 25.3 Å². The summed E-state index contributed by atoms with van der Waals surface area (Å²) < 4.78 is 53.3. The second-order valence-corrected chi connectivity index (χ2v) is 10.4. The van der Waals surface area contributed by atoms with Crippen LogP contribution in [0.2, 0.25) is 0 Å². The first-order chi connectivity index (χ1) is 17.5. The summed E-state index contributed by atoms with van der Waals surface area (Å²) in [7, 11) is -4.13. The molecule has 0 atom stereocenters. The highest BCUT2D eigenvalue weighted by atomic mass is 32.2. The molecule has 0 spiro atoms. The van der Waals surface area contributed by atoms with Gasteiger partial charge in [0.2, 0.25) is 5.88 Å². The normalized spacial score (nSPS) is 11.4. The molecule has 2 aromatic carbocycles. The minimum absolute atomic E-state index is 0. The van der Waals surface area contributed by atoms with Gasteiger partial charge in [-0.2, -0.15) is 0 Å². The molecule has 0 unspecified atom stereocenters. The molecule has 37 heavy (non-hydrogen) atoms. The quantitative estimate of drug-likeness (QED) is 0.290. The van der Waals surface area contributed by atoms with E-state index in [4.69, 9.17) is 9.47 Å². The Morgan fingerprint density at radius 1 is 1.08 bits per heavy atom. The van der Waals surface area contributed by atoms with E-state index in [1.165, 1.54) is 42.7 Å². The maximum atomic E-state index is 14.4. The zero-order valence-corrected chi connectivity index (χ0v) is 21.5. The summed E-state index contributed by atoms with van der Waals surface area (Å²) >= 11 is 0. The Hall–Kier alpha value is -4.18. The van der Waals surface area contributed by atoms with Crippen LogP contribution in [0.3, 0.4) is 0 Å². The molecule has 0 saturated carbocycles. The average Bonchev–Trinajstić information content (AvgIpc) is 3.36. The van der Waals surface area contributed by atoms with Crippen molar-refractivity contribution in [3.8, 4) is 28.6 Å². The number of rotatable bonds is 8. The Morgan fingerprint density at radius 3 is 2.54 bits per heavy atom. The summed E-state index contributed by atoms with van der Waals surface area (Å²) in [5, 5.41) is 0. The maximum absolute atomic E-state index is 14.4. The molecule has 2 aromatic heterocycles. The SMILES string of the molecule is Cc1ccc(Oc2nc(-c3cc(F)cc(OC(C)C)c3)ccc2C(=O)NS(=O)(=O)c2cc[nH]c2)c(C)c1.[HH].[HH]. The van der Waals surface area contributed by atoms with Gasteiger partial charge in [-0.3, -0.25) is 4.79 Å². The van der Waals surface area contributed by atoms with Gasteiger partial charge in [0.05, 0.1) is 11.8 Å². The molecular formula is C27H30FN3O5S. The number of ether oxygens (including phenoxy) is 2. The van der Waals surface area contributed by atoms with Crippen LogP contribution in [-0.2, 0) is 10.0 Å². The van der Waals surface area contributed by atoms with Crippen molar-refractivity contribution < 1.29 is 29.9 Å². The van der Waals surface area contributed by atoms with Crippen LogP contribution in [-0.4, -0.2) is 30.4 Å². The van der Waals surface area contributed by atoms with Gasteiger partial charge in [-0.15, -0.1) is 0 Å². The monoisotopic (exact) mass is 527 g/mol. The number of H-pyrrole nitrogens is 1. The fourth-order valence-corrected chi connectivity index (χ4v) is 4.57. The topological polar surface area (TPSA) is 110 Å². The lowest BCUT2D eigenvalue weighted by Gasteiger charge is -2.15. The van der Waals surface area contributed by atoms with Crippen molar-refractivity contribution in [1.82, 2.24) is 14.7 Å². The zero-order valence-electron chi connectivity index (χ0n) is 20.7. The number of aromatic amines is 1. The Labute approximate surface area is 217 Å². The van der Waals surface area contributed by atoms with Crippen molar-refractivity contribution in [1.29, 1.82) is 0 Å². The van der Waals surface area contributed by atoms with Crippen molar-refractivity contribution in [2.24, 2.45) is 0 Å². The number of benzene rings is 2. The molecular weight excluding hydrogens is 497 g/mol. The van der Waals surface area contributed by atoms with Crippen molar-refractivity contribution in [3.05, 3.63) is 89.5 Å². The first-order valence-corrected chi connectivity index (χ1v) is 12.9. The Bertz CT molecular complexity index is 1560. The van der Waals surface area contributed by atoms with E-state index in [0.29, 0.717) is 22.8 Å². The van der Waals surface area contributed by atoms with E-state index < -0.39 is 21.7 Å². The molecule has 0 aliphatic heterocycles. The minimum atomic E-state index is -4.13. The third-order valence-corrected chi connectivity index (χ3v) is 6.62. The van der Waals surface area contributed by atoms with Crippen LogP contribution >= 0.6 is 0 Å². The molecule has 0 radical (unpaired) electrons. The molecule has 8 nitrogen and oxygen atoms in total. The molecule has 4 aromatic rings. The molecule has 4 rings (SSSR count). The molecule has 0 bridgehead atoms. The predicted octanol–water partition coefficient (Wildman–Crippen LogP) is 6.02. The first kappa shape index (κ1) is 25.9. The third-order valence-electron chi connectivity index (χ3n) is 5.29. The van der Waals surface area contributed by atoms with Crippen LogP contribution in [0.5, 0.6) is 17.4 Å². The third kappa shape index (κ3) is 6.15. The number of hydrogen-bond acceptors (Lipinski definition) is 6. The molecule has 0 saturated heterocycles. The molecule has 2 heterocycles. The van der Waals surface area contributed by atoms with Crippen LogP contribution in [0.4, 0.5) is 4.39 Å². The number of nitrogens with one attached hydrogen (secondary N) is 2. The molecule has 196 valence electrons. The molecule has 0 fully saturated rings. The number of sulfonamides is 1. The van der Waals surface area contributed by atoms with Crippen LogP contribution < -0.4 is 14.2 Å². The molecule has 2 N–H and O–H groups in total. The lowest BCUT2D eigenvalue weighted by molar-refractivity contribution is 0.0978. The van der Waals surface area contributed by atoms with Gasteiger partial charge in [-0.1, -0.05) is 17.7 Å². The fraction of sp³-hybridized carbons (Fsp3) is 0.185. The van der Waals surface area contributed by atoms with E-state index in [2.05, 4.69) is 9.97 Å². The average molecular weight is 528 g/mol. The van der Waals surface area contributed by atoms with Gasteiger partial charge < -0.3 is 14.5 Å². The summed E-state index contributed by atoms with van der Waals surface area (Å²) in [4.78, 5) is 20.1. The highest BCUT2D eigenvalue weighted by molar-refractivity contribution is 7.90. The number of halogens is 1. The van der Waals surface area contributed by atoms with Gasteiger partial charge >= 0.3 is 0 Å². The van der Waals surface area contributed by atoms with Gasteiger partial charge in [0.25, 0.3) is 15.9 Å². The number of hydrogen-bond donors (Lipinski definition) is 2. The van der Waals surface area contributed by atoms with Gasteiger partial charge in [0.15, 0.2) is 0 Å². The summed E-state index contributed by atoms with van der Waals surface area (Å²) in [6, 6.07) is 13.8. The van der Waals surface area contributed by atoms with Crippen molar-refractivity contribution in [3.63, 3.8) is 0 Å². The summed E-state index contributed by atoms with van der Waals surface area (Å²) in [5.74, 6) is -0.833. The lowest BCUT2D eigenvalue weighted by atomic mass is 10.1. The van der Waals surface area contributed by atoms with E-state index in [0.717, 1.165) is 11.1 Å². The highest BCUT2D eigenvalue weighted by Gasteiger charge is 2.24. The number of carbonyl (C=O) groups is 1. The summed E-state index contributed by atoms with van der Waals surface area (Å²) in [5.41, 5.74) is 2.39. The van der Waals surface area contributed by atoms with Crippen LogP contribution in [0.25, 0.3) is 11.3 Å². The van der Waals surface area contributed by atoms with Gasteiger partial charge in [-0.25, -0.2) is 22.5 Å². The van der Waals surface area contributed by atoms with E-state index in [1.54, 1.807) is 12.1 Å². The smallest absolute Gasteiger partial charge is 0.270 e. The predicted molar refractivity (Wildman–Crippen MR) is 141 cm³/mol. The Balaban J connectivity index is 0.00000267. The molecule has 0 aliphatic carbocycles. The number of aryl methyl sites for hydroxylation is 2. The van der Waals surface area contributed by atoms with Crippen molar-refractivity contribution in [2.75, 3.05) is 0 Å². The molecule has 1 amide bonds. The number of carbonyl (C=O) groups excluding carboxylic acids is 1. The number of amides is 1. The number of pyridine rings is 1. The van der Waals surface area contributed by atoms with Crippen LogP contribution in [0, 0.1) is 19.7 Å². The summed E-state index contributed by atoms with van der Waals surface area (Å²) in [6.07, 6.45) is 2.52. The van der Waals surface area contributed by atoms with Crippen molar-refractivity contribution in [2.45, 2.75) is 38.7 Å². The molecule has 0 aliphatic rings. The van der Waals surface area contributed by atoms with E-state index in [1.807, 2.05) is 44.5 Å². The van der Waals surface area contributed by atoms with Gasteiger partial charge in [0.1, 0.15) is 27.8 Å². The standard InChI is InChI=1S/C27H26FN3O5S.2H2/c1-16(2)35-21-13-19(12-20(28)14-21)24-7-6-23(26(32)31-37(33,34)22-9-10-29-15-22)27(30-24)36-25-8-5-17(3)11-18(25)4;;/h5-16,29H,1-4H3,(H,31,32);2*1H. The fourth-order valence-electron chi connectivity index (χ4n) is 3.63. The zero-order chi connectivity index (χ0) is 26.7. The maximum Gasteiger partial charge on any atom is 0.270 e. The number of aromatic nitrogens is 2. The van der Waals surface area contributed by atoms with Crippen LogP contribution in [0.15, 0.2) is 71.9 Å². The molecule has 10 heteroatoms. The number of nitrogens with zero attached hydrogens (tertiary/aromatic N) is 1. The second kappa shape index (κ2) is 10.4. The lowest BCUT2D eigenvalue weighted by Crippen LogP contribution is -2.30. The first-order valence-electron chi connectivity index (χ1n) is 11.5.